The Morgan fingerprint density at radius 2 is 2.07 bits per heavy atom. The SMILES string of the molecule is CC=C(CC)C1=CC=CC(C)(C)C=C1. The minimum atomic E-state index is 0.185. The molecule has 0 aromatic rings. The molecule has 1 rings (SSSR count). The van der Waals surface area contributed by atoms with E-state index in [1.165, 1.54) is 11.1 Å². The van der Waals surface area contributed by atoms with Crippen LogP contribution in [-0.2, 0) is 0 Å². The van der Waals surface area contributed by atoms with Gasteiger partial charge in [-0.2, -0.15) is 0 Å². The van der Waals surface area contributed by atoms with E-state index in [0.29, 0.717) is 0 Å². The first-order chi connectivity index (χ1) is 6.59. The fourth-order valence-electron chi connectivity index (χ4n) is 1.60. The molecular formula is C14H20. The van der Waals surface area contributed by atoms with Crippen LogP contribution >= 0.6 is 0 Å². The molecule has 1 aliphatic carbocycles. The topological polar surface area (TPSA) is 0 Å². The molecule has 0 aliphatic heterocycles. The fraction of sp³-hybridized carbons (Fsp3) is 0.429. The Labute approximate surface area is 87.7 Å². The molecular weight excluding hydrogens is 168 g/mol. The molecule has 0 nitrogen and oxygen atoms in total. The van der Waals surface area contributed by atoms with E-state index in [2.05, 4.69) is 64.2 Å². The van der Waals surface area contributed by atoms with Crippen molar-refractivity contribution in [3.05, 3.63) is 47.6 Å². The van der Waals surface area contributed by atoms with Gasteiger partial charge >= 0.3 is 0 Å². The van der Waals surface area contributed by atoms with Crippen LogP contribution in [0.1, 0.15) is 34.1 Å². The average Bonchev–Trinajstić information content (AvgIpc) is 2.30. The van der Waals surface area contributed by atoms with Crippen molar-refractivity contribution in [2.24, 2.45) is 5.41 Å². The lowest BCUT2D eigenvalue weighted by atomic mass is 9.92. The van der Waals surface area contributed by atoms with Crippen LogP contribution in [0.4, 0.5) is 0 Å². The van der Waals surface area contributed by atoms with Gasteiger partial charge in [0.05, 0.1) is 0 Å². The van der Waals surface area contributed by atoms with Gasteiger partial charge in [-0.25, -0.2) is 0 Å². The van der Waals surface area contributed by atoms with Crippen molar-refractivity contribution in [2.45, 2.75) is 34.1 Å². The summed E-state index contributed by atoms with van der Waals surface area (Å²) in [6, 6.07) is 0. The molecule has 0 unspecified atom stereocenters. The minimum Gasteiger partial charge on any atom is -0.0839 e. The van der Waals surface area contributed by atoms with Gasteiger partial charge in [0.1, 0.15) is 0 Å². The smallest absolute Gasteiger partial charge is 0.00109 e. The molecule has 0 saturated heterocycles. The highest BCUT2D eigenvalue weighted by molar-refractivity contribution is 5.44. The maximum absolute atomic E-state index is 2.27. The summed E-state index contributed by atoms with van der Waals surface area (Å²) in [6.07, 6.45) is 14.4. The highest BCUT2D eigenvalue weighted by Crippen LogP contribution is 2.25. The van der Waals surface area contributed by atoms with Gasteiger partial charge in [0.25, 0.3) is 0 Å². The van der Waals surface area contributed by atoms with E-state index >= 15 is 0 Å². The molecule has 0 heteroatoms. The number of allylic oxidation sites excluding steroid dienone is 8. The Morgan fingerprint density at radius 1 is 1.36 bits per heavy atom. The molecule has 1 aliphatic rings. The molecule has 0 aromatic carbocycles. The summed E-state index contributed by atoms with van der Waals surface area (Å²) in [6.45, 7) is 8.74. The quantitative estimate of drug-likeness (QED) is 0.601. The van der Waals surface area contributed by atoms with E-state index in [4.69, 9.17) is 0 Å². The number of hydrogen-bond donors (Lipinski definition) is 0. The Balaban J connectivity index is 2.95. The van der Waals surface area contributed by atoms with E-state index < -0.39 is 0 Å². The van der Waals surface area contributed by atoms with Crippen molar-refractivity contribution in [2.75, 3.05) is 0 Å². The fourth-order valence-corrected chi connectivity index (χ4v) is 1.60. The van der Waals surface area contributed by atoms with E-state index in [0.717, 1.165) is 6.42 Å². The van der Waals surface area contributed by atoms with Gasteiger partial charge < -0.3 is 0 Å². The second-order valence-electron chi connectivity index (χ2n) is 4.30. The molecule has 14 heavy (non-hydrogen) atoms. The van der Waals surface area contributed by atoms with Gasteiger partial charge in [0.2, 0.25) is 0 Å². The van der Waals surface area contributed by atoms with Crippen molar-refractivity contribution in [3.8, 4) is 0 Å². The van der Waals surface area contributed by atoms with Gasteiger partial charge in [0, 0.05) is 5.41 Å². The van der Waals surface area contributed by atoms with Gasteiger partial charge in [-0.3, -0.25) is 0 Å². The van der Waals surface area contributed by atoms with Crippen LogP contribution in [0.3, 0.4) is 0 Å². The maximum Gasteiger partial charge on any atom is 0.00109 e. The molecule has 0 aromatic heterocycles. The Morgan fingerprint density at radius 3 is 2.64 bits per heavy atom. The summed E-state index contributed by atoms with van der Waals surface area (Å²) in [7, 11) is 0. The molecule has 0 amide bonds. The third-order valence-electron chi connectivity index (χ3n) is 2.59. The molecule has 0 radical (unpaired) electrons. The molecule has 0 saturated carbocycles. The van der Waals surface area contributed by atoms with Crippen LogP contribution < -0.4 is 0 Å². The monoisotopic (exact) mass is 188 g/mol. The molecule has 76 valence electrons. The van der Waals surface area contributed by atoms with Crippen LogP contribution in [0, 0.1) is 5.41 Å². The first-order valence-corrected chi connectivity index (χ1v) is 5.33. The zero-order chi connectivity index (χ0) is 10.6. The van der Waals surface area contributed by atoms with Crippen molar-refractivity contribution in [1.29, 1.82) is 0 Å². The predicted molar refractivity (Wildman–Crippen MR) is 64.2 cm³/mol. The second-order valence-corrected chi connectivity index (χ2v) is 4.30. The van der Waals surface area contributed by atoms with E-state index in [1.54, 1.807) is 0 Å². The molecule has 0 heterocycles. The summed E-state index contributed by atoms with van der Waals surface area (Å²) >= 11 is 0. The van der Waals surface area contributed by atoms with E-state index in [1.807, 2.05) is 0 Å². The van der Waals surface area contributed by atoms with Gasteiger partial charge in [0.15, 0.2) is 0 Å². The van der Waals surface area contributed by atoms with Crippen molar-refractivity contribution < 1.29 is 0 Å². The maximum atomic E-state index is 2.27. The summed E-state index contributed by atoms with van der Waals surface area (Å²) in [5, 5.41) is 0. The molecule has 0 N–H and O–H groups in total. The molecule has 0 fully saturated rings. The summed E-state index contributed by atoms with van der Waals surface area (Å²) in [4.78, 5) is 0. The Hall–Kier alpha value is -1.04. The van der Waals surface area contributed by atoms with Gasteiger partial charge in [-0.05, 0) is 24.5 Å². The highest BCUT2D eigenvalue weighted by atomic mass is 14.2. The van der Waals surface area contributed by atoms with Gasteiger partial charge in [-0.1, -0.05) is 57.2 Å². The lowest BCUT2D eigenvalue weighted by molar-refractivity contribution is 0.627. The zero-order valence-corrected chi connectivity index (χ0v) is 9.67. The Kier molecular flexibility index (Phi) is 3.51. The third-order valence-corrected chi connectivity index (χ3v) is 2.59. The van der Waals surface area contributed by atoms with Crippen LogP contribution in [0.5, 0.6) is 0 Å². The van der Waals surface area contributed by atoms with Crippen LogP contribution in [0.25, 0.3) is 0 Å². The Bertz CT molecular complexity index is 309. The molecule has 0 bridgehead atoms. The van der Waals surface area contributed by atoms with E-state index in [9.17, 15) is 0 Å². The third kappa shape index (κ3) is 2.73. The largest absolute Gasteiger partial charge is 0.0839 e. The summed E-state index contributed by atoms with van der Waals surface area (Å²) in [5.74, 6) is 0. The summed E-state index contributed by atoms with van der Waals surface area (Å²) in [5.41, 5.74) is 2.95. The lowest BCUT2D eigenvalue weighted by Gasteiger charge is -2.12. The second kappa shape index (κ2) is 4.45. The highest BCUT2D eigenvalue weighted by Gasteiger charge is 2.10. The van der Waals surface area contributed by atoms with Crippen LogP contribution in [-0.4, -0.2) is 0 Å². The summed E-state index contributed by atoms with van der Waals surface area (Å²) < 4.78 is 0. The van der Waals surface area contributed by atoms with Crippen molar-refractivity contribution in [1.82, 2.24) is 0 Å². The van der Waals surface area contributed by atoms with Gasteiger partial charge in [-0.15, -0.1) is 0 Å². The first-order valence-electron chi connectivity index (χ1n) is 5.33. The standard InChI is InChI=1S/C14H20/c1-5-12(6-2)13-8-7-10-14(3,4)11-9-13/h5,7-11H,6H2,1-4H3. The normalized spacial score (nSPS) is 20.6. The number of rotatable bonds is 2. The van der Waals surface area contributed by atoms with E-state index in [-0.39, 0.29) is 5.41 Å². The average molecular weight is 188 g/mol. The van der Waals surface area contributed by atoms with Crippen molar-refractivity contribution in [3.63, 3.8) is 0 Å². The predicted octanol–water partition coefficient (Wildman–Crippen LogP) is 4.42. The molecule has 0 atom stereocenters. The zero-order valence-electron chi connectivity index (χ0n) is 9.67. The minimum absolute atomic E-state index is 0.185. The van der Waals surface area contributed by atoms with Crippen molar-refractivity contribution >= 4 is 0 Å². The lowest BCUT2D eigenvalue weighted by Crippen LogP contribution is -2.00. The van der Waals surface area contributed by atoms with Crippen LogP contribution in [0.2, 0.25) is 0 Å². The first kappa shape index (κ1) is 11.0. The molecule has 0 spiro atoms. The van der Waals surface area contributed by atoms with Crippen LogP contribution in [0.15, 0.2) is 47.6 Å². The number of hydrogen-bond acceptors (Lipinski definition) is 0.